The number of hydrogen-bond acceptors (Lipinski definition) is 4. The standard InChI is InChI=1S/C14H21NO2S/c16-14(11-18-10-13-6-15-7-13)9-17-8-12-4-2-1-3-5-12/h1-5,13-16H,6-11H2. The lowest BCUT2D eigenvalue weighted by atomic mass is 10.1. The fourth-order valence-corrected chi connectivity index (χ4v) is 2.85. The van der Waals surface area contributed by atoms with Crippen LogP contribution in [-0.2, 0) is 11.3 Å². The van der Waals surface area contributed by atoms with Gasteiger partial charge < -0.3 is 15.2 Å². The molecule has 2 rings (SSSR count). The first-order valence-corrected chi connectivity index (χ1v) is 7.58. The summed E-state index contributed by atoms with van der Waals surface area (Å²) < 4.78 is 5.50. The number of ether oxygens (including phenoxy) is 1. The van der Waals surface area contributed by atoms with Crippen LogP contribution in [0.25, 0.3) is 0 Å². The summed E-state index contributed by atoms with van der Waals surface area (Å²) in [5.74, 6) is 2.71. The van der Waals surface area contributed by atoms with Crippen molar-refractivity contribution in [3.05, 3.63) is 35.9 Å². The van der Waals surface area contributed by atoms with Crippen molar-refractivity contribution in [2.45, 2.75) is 12.7 Å². The number of nitrogens with one attached hydrogen (secondary N) is 1. The molecule has 0 amide bonds. The van der Waals surface area contributed by atoms with Crippen LogP contribution in [0.15, 0.2) is 30.3 Å². The van der Waals surface area contributed by atoms with Crippen LogP contribution < -0.4 is 5.32 Å². The molecule has 0 spiro atoms. The molecule has 1 atom stereocenters. The maximum Gasteiger partial charge on any atom is 0.0863 e. The molecule has 1 aromatic rings. The second-order valence-electron chi connectivity index (χ2n) is 4.72. The highest BCUT2D eigenvalue weighted by molar-refractivity contribution is 7.99. The van der Waals surface area contributed by atoms with Gasteiger partial charge in [-0.2, -0.15) is 11.8 Å². The Kier molecular flexibility index (Phi) is 6.00. The second-order valence-corrected chi connectivity index (χ2v) is 5.79. The lowest BCUT2D eigenvalue weighted by Crippen LogP contribution is -2.43. The minimum absolute atomic E-state index is 0.355. The van der Waals surface area contributed by atoms with Gasteiger partial charge in [-0.1, -0.05) is 30.3 Å². The van der Waals surface area contributed by atoms with Crippen molar-refractivity contribution in [1.29, 1.82) is 0 Å². The minimum Gasteiger partial charge on any atom is -0.390 e. The first kappa shape index (κ1) is 13.9. The Balaban J connectivity index is 1.50. The van der Waals surface area contributed by atoms with Crippen molar-refractivity contribution < 1.29 is 9.84 Å². The highest BCUT2D eigenvalue weighted by atomic mass is 32.2. The third-order valence-corrected chi connectivity index (χ3v) is 4.28. The van der Waals surface area contributed by atoms with E-state index in [1.807, 2.05) is 42.1 Å². The van der Waals surface area contributed by atoms with Crippen molar-refractivity contribution in [3.8, 4) is 0 Å². The Morgan fingerprint density at radius 3 is 2.78 bits per heavy atom. The molecule has 0 bridgehead atoms. The molecule has 100 valence electrons. The van der Waals surface area contributed by atoms with Gasteiger partial charge in [0.25, 0.3) is 0 Å². The van der Waals surface area contributed by atoms with Crippen molar-refractivity contribution in [2.75, 3.05) is 31.2 Å². The fraction of sp³-hybridized carbons (Fsp3) is 0.571. The second kappa shape index (κ2) is 7.79. The Bertz CT molecular complexity index is 330. The van der Waals surface area contributed by atoms with Crippen LogP contribution in [0.5, 0.6) is 0 Å². The first-order valence-electron chi connectivity index (χ1n) is 6.43. The van der Waals surface area contributed by atoms with E-state index in [1.54, 1.807) is 0 Å². The average Bonchev–Trinajstić information content (AvgIpc) is 2.34. The Morgan fingerprint density at radius 2 is 2.11 bits per heavy atom. The molecule has 2 N–H and O–H groups in total. The van der Waals surface area contributed by atoms with Gasteiger partial charge in [0.1, 0.15) is 0 Å². The van der Waals surface area contributed by atoms with Gasteiger partial charge >= 0.3 is 0 Å². The van der Waals surface area contributed by atoms with E-state index in [9.17, 15) is 5.11 Å². The Hall–Kier alpha value is -0.550. The van der Waals surface area contributed by atoms with Crippen LogP contribution >= 0.6 is 11.8 Å². The van der Waals surface area contributed by atoms with E-state index in [0.717, 1.165) is 36.1 Å². The maximum atomic E-state index is 9.77. The SMILES string of the molecule is OC(COCc1ccccc1)CSCC1CNC1. The molecule has 0 aromatic heterocycles. The van der Waals surface area contributed by atoms with E-state index in [0.29, 0.717) is 13.2 Å². The number of rotatable bonds is 8. The van der Waals surface area contributed by atoms with Gasteiger partial charge in [0.15, 0.2) is 0 Å². The molecule has 1 fully saturated rings. The van der Waals surface area contributed by atoms with E-state index in [2.05, 4.69) is 5.32 Å². The zero-order chi connectivity index (χ0) is 12.6. The molecule has 1 aliphatic rings. The van der Waals surface area contributed by atoms with Gasteiger partial charge in [-0.3, -0.25) is 0 Å². The molecular weight excluding hydrogens is 246 g/mol. The Labute approximate surface area is 113 Å². The zero-order valence-electron chi connectivity index (χ0n) is 10.5. The topological polar surface area (TPSA) is 41.5 Å². The predicted octanol–water partition coefficient (Wildman–Crippen LogP) is 1.52. The van der Waals surface area contributed by atoms with Crippen LogP contribution in [0.3, 0.4) is 0 Å². The number of aliphatic hydroxyl groups is 1. The largest absolute Gasteiger partial charge is 0.390 e. The summed E-state index contributed by atoms with van der Waals surface area (Å²) in [6, 6.07) is 10.1. The van der Waals surface area contributed by atoms with E-state index in [-0.39, 0.29) is 6.10 Å². The quantitative estimate of drug-likeness (QED) is 0.749. The third kappa shape index (κ3) is 4.98. The molecule has 0 aliphatic carbocycles. The van der Waals surface area contributed by atoms with Crippen molar-refractivity contribution in [3.63, 3.8) is 0 Å². The van der Waals surface area contributed by atoms with Crippen LogP contribution in [0, 0.1) is 5.92 Å². The van der Waals surface area contributed by atoms with E-state index in [1.165, 1.54) is 0 Å². The van der Waals surface area contributed by atoms with Crippen LogP contribution in [-0.4, -0.2) is 42.4 Å². The van der Waals surface area contributed by atoms with Gasteiger partial charge in [0.05, 0.1) is 19.3 Å². The number of aliphatic hydroxyl groups excluding tert-OH is 1. The van der Waals surface area contributed by atoms with E-state index >= 15 is 0 Å². The van der Waals surface area contributed by atoms with E-state index < -0.39 is 0 Å². The van der Waals surface area contributed by atoms with E-state index in [4.69, 9.17) is 4.74 Å². The van der Waals surface area contributed by atoms with Crippen molar-refractivity contribution in [1.82, 2.24) is 5.32 Å². The predicted molar refractivity (Wildman–Crippen MR) is 75.8 cm³/mol. The summed E-state index contributed by atoms with van der Waals surface area (Å²) in [5.41, 5.74) is 1.15. The maximum absolute atomic E-state index is 9.77. The molecule has 3 nitrogen and oxygen atoms in total. The number of thioether (sulfide) groups is 1. The molecule has 4 heteroatoms. The average molecular weight is 267 g/mol. The molecule has 1 heterocycles. The molecule has 18 heavy (non-hydrogen) atoms. The van der Waals surface area contributed by atoms with Gasteiger partial charge in [-0.25, -0.2) is 0 Å². The smallest absolute Gasteiger partial charge is 0.0863 e. The normalized spacial score (nSPS) is 17.4. The summed E-state index contributed by atoms with van der Waals surface area (Å²) in [6.07, 6.45) is -0.355. The van der Waals surface area contributed by atoms with Gasteiger partial charge in [0.2, 0.25) is 0 Å². The third-order valence-electron chi connectivity index (χ3n) is 2.95. The van der Waals surface area contributed by atoms with Crippen LogP contribution in [0.1, 0.15) is 5.56 Å². The van der Waals surface area contributed by atoms with Crippen molar-refractivity contribution in [2.24, 2.45) is 5.92 Å². The zero-order valence-corrected chi connectivity index (χ0v) is 11.4. The van der Waals surface area contributed by atoms with Crippen molar-refractivity contribution >= 4 is 11.8 Å². The monoisotopic (exact) mass is 267 g/mol. The first-order chi connectivity index (χ1) is 8.84. The van der Waals surface area contributed by atoms with Gasteiger partial charge in [0, 0.05) is 5.75 Å². The molecule has 0 saturated carbocycles. The highest BCUT2D eigenvalue weighted by Crippen LogP contribution is 2.13. The molecule has 1 saturated heterocycles. The highest BCUT2D eigenvalue weighted by Gasteiger charge is 2.16. The summed E-state index contributed by atoms with van der Waals surface area (Å²) in [6.45, 7) is 3.27. The molecule has 1 aliphatic heterocycles. The summed E-state index contributed by atoms with van der Waals surface area (Å²) in [4.78, 5) is 0. The summed E-state index contributed by atoms with van der Waals surface area (Å²) in [5, 5.41) is 13.0. The van der Waals surface area contributed by atoms with Crippen LogP contribution in [0.4, 0.5) is 0 Å². The minimum atomic E-state index is -0.355. The van der Waals surface area contributed by atoms with Gasteiger partial charge in [-0.15, -0.1) is 0 Å². The lowest BCUT2D eigenvalue weighted by molar-refractivity contribution is 0.0398. The lowest BCUT2D eigenvalue weighted by Gasteiger charge is -2.26. The molecule has 1 aromatic carbocycles. The number of benzene rings is 1. The fourth-order valence-electron chi connectivity index (χ4n) is 1.77. The molecular formula is C14H21NO2S. The molecule has 1 unspecified atom stereocenters. The summed E-state index contributed by atoms with van der Waals surface area (Å²) in [7, 11) is 0. The number of hydrogen-bond donors (Lipinski definition) is 2. The Morgan fingerprint density at radius 1 is 1.33 bits per heavy atom. The molecule has 0 radical (unpaired) electrons. The van der Waals surface area contributed by atoms with Gasteiger partial charge in [-0.05, 0) is 30.3 Å². The van der Waals surface area contributed by atoms with Crippen LogP contribution in [0.2, 0.25) is 0 Å². The summed E-state index contributed by atoms with van der Waals surface area (Å²) >= 11 is 1.82.